The van der Waals surface area contributed by atoms with E-state index in [1.165, 1.54) is 60.9 Å². The van der Waals surface area contributed by atoms with Crippen LogP contribution < -0.4 is 5.30 Å². The summed E-state index contributed by atoms with van der Waals surface area (Å²) in [6, 6.07) is 29.6. The molecule has 1 aliphatic heterocycles. The van der Waals surface area contributed by atoms with Crippen LogP contribution in [0.3, 0.4) is 0 Å². The topological polar surface area (TPSA) is 42.9 Å². The molecule has 0 aliphatic carbocycles. The first-order valence-electron chi connectivity index (χ1n) is 20.8. The number of aromatic nitrogens is 2. The van der Waals surface area contributed by atoms with Gasteiger partial charge in [-0.05, 0) is 121 Å². The first-order valence-corrected chi connectivity index (χ1v) is 22.3. The van der Waals surface area contributed by atoms with E-state index >= 15 is 0 Å². The van der Waals surface area contributed by atoms with Crippen LogP contribution in [0.1, 0.15) is 188 Å². The van der Waals surface area contributed by atoms with Crippen molar-refractivity contribution in [2.24, 2.45) is 0 Å². The molecule has 0 spiro atoms. The quantitative estimate of drug-likeness (QED) is 0.126. The smallest absolute Gasteiger partial charge is 0.134 e. The summed E-state index contributed by atoms with van der Waals surface area (Å²) >= 11 is 0. The minimum absolute atomic E-state index is 0.0516. The Morgan fingerprint density at radius 2 is 0.855 bits per heavy atom. The van der Waals surface area contributed by atoms with Crippen LogP contribution in [-0.4, -0.2) is 15.8 Å². The van der Waals surface area contributed by atoms with Crippen LogP contribution in [0.5, 0.6) is 0 Å². The maximum absolute atomic E-state index is 14.0. The largest absolute Gasteiger partial charge is 0.300 e. The molecule has 0 saturated carbocycles. The van der Waals surface area contributed by atoms with E-state index in [4.69, 9.17) is 9.97 Å². The molecule has 0 radical (unpaired) electrons. The van der Waals surface area contributed by atoms with Crippen LogP contribution >= 0.6 is 7.92 Å². The standard InChI is InChI=1S/C51H63N2OP/c1-30(2)36-24-41(32(5)6)49(42(25-36)33(7)8)39-18-17-19-40(50-43(34(9)10)26-37(31(3)4)27-44(50)35(11)12)51(39)55-47(45-20-13-15-22-52-45)28-38(54)29-48(55)46-21-14-16-23-53-46/h13-27,30-35,47-48H,28-29H2,1-12H3. The number of hydrogen-bond donors (Lipinski definition) is 0. The molecule has 3 heterocycles. The lowest BCUT2D eigenvalue weighted by Crippen LogP contribution is -2.27. The molecule has 4 heteroatoms. The maximum Gasteiger partial charge on any atom is 0.134 e. The Labute approximate surface area is 333 Å². The molecule has 55 heavy (non-hydrogen) atoms. The van der Waals surface area contributed by atoms with Crippen molar-refractivity contribution >= 4 is 19.0 Å². The molecule has 1 aliphatic rings. The second-order valence-corrected chi connectivity index (χ2v) is 20.2. The van der Waals surface area contributed by atoms with E-state index in [1.807, 2.05) is 24.5 Å². The van der Waals surface area contributed by atoms with E-state index in [2.05, 4.69) is 150 Å². The zero-order chi connectivity index (χ0) is 39.7. The van der Waals surface area contributed by atoms with E-state index in [0.717, 1.165) is 11.4 Å². The van der Waals surface area contributed by atoms with Gasteiger partial charge in [0.15, 0.2) is 0 Å². The summed E-state index contributed by atoms with van der Waals surface area (Å²) in [5, 5.41) is 1.40. The number of pyridine rings is 2. The second kappa shape index (κ2) is 17.1. The van der Waals surface area contributed by atoms with E-state index in [0.29, 0.717) is 54.1 Å². The Bertz CT molecular complexity index is 1910. The van der Waals surface area contributed by atoms with Crippen LogP contribution in [0, 0.1) is 0 Å². The summed E-state index contributed by atoms with van der Waals surface area (Å²) in [7, 11) is -1.07. The molecule has 2 aromatic heterocycles. The zero-order valence-corrected chi connectivity index (χ0v) is 36.3. The van der Waals surface area contributed by atoms with Crippen molar-refractivity contribution in [1.29, 1.82) is 0 Å². The SMILES string of the molecule is CC(C)c1cc(C(C)C)c(-c2cccc(-c3c(C(C)C)cc(C(C)C)cc3C(C)C)c2P2C(c3ccccn3)CC(=O)CC2c2ccccn2)c(C(C)C)c1. The average Bonchev–Trinajstić information content (AvgIpc) is 3.16. The lowest BCUT2D eigenvalue weighted by atomic mass is 9.79. The predicted molar refractivity (Wildman–Crippen MR) is 237 cm³/mol. The molecular weight excluding hydrogens is 688 g/mol. The maximum atomic E-state index is 14.0. The molecule has 2 unspecified atom stereocenters. The normalized spacial score (nSPS) is 17.8. The highest BCUT2D eigenvalue weighted by Crippen LogP contribution is 2.68. The molecule has 0 amide bonds. The highest BCUT2D eigenvalue weighted by Gasteiger charge is 2.43. The van der Waals surface area contributed by atoms with Gasteiger partial charge in [0.2, 0.25) is 0 Å². The van der Waals surface area contributed by atoms with Gasteiger partial charge in [-0.3, -0.25) is 14.8 Å². The van der Waals surface area contributed by atoms with Crippen LogP contribution in [0.15, 0.2) is 91.3 Å². The third-order valence-corrected chi connectivity index (χ3v) is 14.9. The second-order valence-electron chi connectivity index (χ2n) is 17.7. The van der Waals surface area contributed by atoms with Crippen molar-refractivity contribution in [3.63, 3.8) is 0 Å². The van der Waals surface area contributed by atoms with Crippen molar-refractivity contribution in [2.45, 2.75) is 143 Å². The number of carbonyl (C=O) groups is 1. The summed E-state index contributed by atoms with van der Waals surface area (Å²) in [5.74, 6) is 2.44. The van der Waals surface area contributed by atoms with Gasteiger partial charge in [0.25, 0.3) is 0 Å². The van der Waals surface area contributed by atoms with Gasteiger partial charge in [-0.25, -0.2) is 0 Å². The van der Waals surface area contributed by atoms with E-state index in [-0.39, 0.29) is 11.3 Å². The summed E-state index contributed by atoms with van der Waals surface area (Å²) in [4.78, 5) is 24.1. The van der Waals surface area contributed by atoms with Gasteiger partial charge in [-0.15, -0.1) is 0 Å². The van der Waals surface area contributed by atoms with Crippen molar-refractivity contribution in [1.82, 2.24) is 9.97 Å². The molecule has 0 bridgehead atoms. The molecule has 0 N–H and O–H groups in total. The summed E-state index contributed by atoms with van der Waals surface area (Å²) < 4.78 is 0. The highest BCUT2D eigenvalue weighted by atomic mass is 31.1. The molecule has 1 saturated heterocycles. The third kappa shape index (κ3) is 8.30. The Morgan fingerprint density at radius 3 is 1.15 bits per heavy atom. The summed E-state index contributed by atoms with van der Waals surface area (Å²) in [6.45, 7) is 28.1. The van der Waals surface area contributed by atoms with Crippen molar-refractivity contribution < 1.29 is 4.79 Å². The minimum Gasteiger partial charge on any atom is -0.300 e. The molecular formula is C51H63N2OP. The first-order chi connectivity index (χ1) is 26.2. The zero-order valence-electron chi connectivity index (χ0n) is 35.4. The molecule has 6 rings (SSSR count). The lowest BCUT2D eigenvalue weighted by Gasteiger charge is -2.41. The van der Waals surface area contributed by atoms with Gasteiger partial charge in [0, 0.05) is 47.9 Å². The van der Waals surface area contributed by atoms with Crippen molar-refractivity contribution in [2.75, 3.05) is 0 Å². The number of hydrogen-bond acceptors (Lipinski definition) is 3. The van der Waals surface area contributed by atoms with E-state index in [9.17, 15) is 4.79 Å². The number of benzene rings is 3. The predicted octanol–water partition coefficient (Wildman–Crippen LogP) is 14.5. The van der Waals surface area contributed by atoms with Crippen molar-refractivity contribution in [3.8, 4) is 22.3 Å². The van der Waals surface area contributed by atoms with Gasteiger partial charge in [0.1, 0.15) is 5.78 Å². The number of carbonyl (C=O) groups excluding carboxylic acids is 1. The van der Waals surface area contributed by atoms with Gasteiger partial charge in [0.05, 0.1) is 0 Å². The minimum atomic E-state index is -1.07. The lowest BCUT2D eigenvalue weighted by molar-refractivity contribution is -0.119. The fourth-order valence-electron chi connectivity index (χ4n) is 8.64. The molecule has 1 fully saturated rings. The van der Waals surface area contributed by atoms with E-state index < -0.39 is 7.92 Å². The number of ketones is 1. The monoisotopic (exact) mass is 750 g/mol. The van der Waals surface area contributed by atoms with Crippen molar-refractivity contribution in [3.05, 3.63) is 136 Å². The molecule has 3 aromatic carbocycles. The molecule has 3 nitrogen and oxygen atoms in total. The van der Waals surface area contributed by atoms with Gasteiger partial charge >= 0.3 is 0 Å². The number of nitrogens with zero attached hydrogens (tertiary/aromatic N) is 2. The fourth-order valence-corrected chi connectivity index (χ4v) is 12.3. The Morgan fingerprint density at radius 1 is 0.491 bits per heavy atom. The Hall–Kier alpha value is -3.94. The molecule has 288 valence electrons. The number of Topliss-reactive ketones (excluding diaryl/α,β-unsaturated/α-hetero) is 1. The average molecular weight is 751 g/mol. The fraction of sp³-hybridized carbons (Fsp3) is 0.431. The summed E-state index contributed by atoms with van der Waals surface area (Å²) in [6.07, 6.45) is 4.78. The van der Waals surface area contributed by atoms with Gasteiger partial charge in [-0.2, -0.15) is 0 Å². The molecule has 5 aromatic rings. The number of rotatable bonds is 11. The molecule has 2 atom stereocenters. The summed E-state index contributed by atoms with van der Waals surface area (Å²) in [5.41, 5.74) is 15.7. The van der Waals surface area contributed by atoms with Crippen LogP contribution in [-0.2, 0) is 4.79 Å². The Kier molecular flexibility index (Phi) is 12.6. The highest BCUT2D eigenvalue weighted by molar-refractivity contribution is 7.67. The van der Waals surface area contributed by atoms with Crippen LogP contribution in [0.2, 0.25) is 0 Å². The van der Waals surface area contributed by atoms with Crippen LogP contribution in [0.4, 0.5) is 0 Å². The third-order valence-electron chi connectivity index (χ3n) is 11.7. The first kappa shape index (κ1) is 40.7. The van der Waals surface area contributed by atoms with Crippen LogP contribution in [0.25, 0.3) is 22.3 Å². The van der Waals surface area contributed by atoms with Gasteiger partial charge in [-0.1, -0.05) is 146 Å². The Balaban J connectivity index is 1.85. The van der Waals surface area contributed by atoms with E-state index in [1.54, 1.807) is 0 Å². The van der Waals surface area contributed by atoms with Gasteiger partial charge < -0.3 is 0 Å².